The molecule has 0 aliphatic carbocycles. The van der Waals surface area contributed by atoms with E-state index in [2.05, 4.69) is 54.6 Å². The molecule has 2 aliphatic rings. The second kappa shape index (κ2) is 13.7. The number of benzene rings is 5. The quantitative estimate of drug-likeness (QED) is 0.158. The first-order valence-corrected chi connectivity index (χ1v) is 16.2. The second-order valence-corrected chi connectivity index (χ2v) is 12.3. The first kappa shape index (κ1) is 30.0. The van der Waals surface area contributed by atoms with Gasteiger partial charge in [0.1, 0.15) is 18.0 Å². The van der Waals surface area contributed by atoms with Crippen molar-refractivity contribution in [2.45, 2.75) is 55.1 Å². The highest BCUT2D eigenvalue weighted by atomic mass is 32.2. The summed E-state index contributed by atoms with van der Waals surface area (Å²) < 4.78 is 39.9. The Bertz CT molecular complexity index is 1680. The number of hydrogen-bond donors (Lipinski definition) is 0. The number of ether oxygens (including phenoxy) is 6. The molecule has 0 aromatic heterocycles. The van der Waals surface area contributed by atoms with E-state index in [1.807, 2.05) is 72.8 Å². The average Bonchev–Trinajstić information content (AvgIpc) is 3.10. The van der Waals surface area contributed by atoms with E-state index in [1.54, 1.807) is 18.9 Å². The molecule has 2 heterocycles. The predicted octanol–water partition coefficient (Wildman–Crippen LogP) is 7.78. The summed E-state index contributed by atoms with van der Waals surface area (Å²) in [5.41, 5.74) is 3.13. The molecule has 0 amide bonds. The van der Waals surface area contributed by atoms with Crippen LogP contribution in [0.4, 0.5) is 0 Å². The standard InChI is InChI=1S/C38H36O6S/c1-39-37-34(41-24-28-15-7-3-8-16-28)33(40-23-27-13-5-2-6-14-27)36(42-25-29-17-9-4-10-18-29)38(44-37)26-45-35-31-20-12-11-19-30(31)21-22-32(35)43-38/h2-22,33-34,36-37H,23-26H2,1H3/t33-,34-,36-,37+,38-/m1/s1. The van der Waals surface area contributed by atoms with Crippen LogP contribution in [-0.2, 0) is 43.5 Å². The fraction of sp³-hybridized carbons (Fsp3) is 0.263. The van der Waals surface area contributed by atoms with Gasteiger partial charge in [0, 0.05) is 7.11 Å². The van der Waals surface area contributed by atoms with Gasteiger partial charge in [-0.05, 0) is 33.5 Å². The molecule has 0 N–H and O–H groups in total. The van der Waals surface area contributed by atoms with Gasteiger partial charge in [-0.3, -0.25) is 0 Å². The molecule has 7 rings (SSSR count). The Balaban J connectivity index is 1.27. The summed E-state index contributed by atoms with van der Waals surface area (Å²) in [6.45, 7) is 1.08. The number of rotatable bonds is 10. The van der Waals surface area contributed by atoms with Gasteiger partial charge in [-0.15, -0.1) is 11.8 Å². The Morgan fingerprint density at radius 3 is 1.82 bits per heavy atom. The van der Waals surface area contributed by atoms with Gasteiger partial charge in [-0.2, -0.15) is 0 Å². The van der Waals surface area contributed by atoms with Gasteiger partial charge in [-0.25, -0.2) is 0 Å². The van der Waals surface area contributed by atoms with Crippen LogP contribution < -0.4 is 4.74 Å². The summed E-state index contributed by atoms with van der Waals surface area (Å²) in [5.74, 6) is 0.0200. The molecule has 0 radical (unpaired) electrons. The second-order valence-electron chi connectivity index (χ2n) is 11.3. The minimum absolute atomic E-state index is 0.351. The molecule has 7 heteroatoms. The molecule has 0 unspecified atom stereocenters. The zero-order valence-electron chi connectivity index (χ0n) is 25.1. The molecule has 5 aromatic rings. The lowest BCUT2D eigenvalue weighted by atomic mass is 9.95. The predicted molar refractivity (Wildman–Crippen MR) is 175 cm³/mol. The molecule has 5 aromatic carbocycles. The topological polar surface area (TPSA) is 55.4 Å². The van der Waals surface area contributed by atoms with Crippen LogP contribution in [0.5, 0.6) is 5.75 Å². The molecule has 230 valence electrons. The smallest absolute Gasteiger partial charge is 0.251 e. The molecule has 6 nitrogen and oxygen atoms in total. The van der Waals surface area contributed by atoms with Crippen molar-refractivity contribution in [3.63, 3.8) is 0 Å². The third-order valence-corrected chi connectivity index (χ3v) is 9.52. The third kappa shape index (κ3) is 6.51. The lowest BCUT2D eigenvalue weighted by Gasteiger charge is -2.52. The zero-order chi connectivity index (χ0) is 30.5. The molecular weight excluding hydrogens is 584 g/mol. The van der Waals surface area contributed by atoms with Crippen LogP contribution in [0, 0.1) is 0 Å². The maximum Gasteiger partial charge on any atom is 0.251 e. The van der Waals surface area contributed by atoms with Gasteiger partial charge < -0.3 is 28.4 Å². The van der Waals surface area contributed by atoms with E-state index in [1.165, 1.54) is 0 Å². The minimum atomic E-state index is -1.20. The zero-order valence-corrected chi connectivity index (χ0v) is 25.9. The highest BCUT2D eigenvalue weighted by Crippen LogP contribution is 2.49. The lowest BCUT2D eigenvalue weighted by Crippen LogP contribution is -2.70. The van der Waals surface area contributed by atoms with Crippen molar-refractivity contribution >= 4 is 22.5 Å². The van der Waals surface area contributed by atoms with E-state index in [-0.39, 0.29) is 0 Å². The third-order valence-electron chi connectivity index (χ3n) is 8.26. The summed E-state index contributed by atoms with van der Waals surface area (Å²) in [7, 11) is 1.63. The monoisotopic (exact) mass is 620 g/mol. The van der Waals surface area contributed by atoms with Gasteiger partial charge in [0.15, 0.2) is 12.4 Å². The SMILES string of the molecule is CO[C@H]1O[C@]2(CSc3c(ccc4ccccc34)O2)[C@H](OCc2ccccc2)[C@H](OCc2ccccc2)[C@H]1OCc1ccccc1. The summed E-state index contributed by atoms with van der Waals surface area (Å²) in [4.78, 5) is 1.09. The number of thioether (sulfide) groups is 1. The van der Waals surface area contributed by atoms with Gasteiger partial charge in [0.05, 0.1) is 30.5 Å². The molecule has 0 bridgehead atoms. The summed E-state index contributed by atoms with van der Waals surface area (Å²) in [6, 6.07) is 42.8. The Kier molecular flexibility index (Phi) is 9.16. The van der Waals surface area contributed by atoms with Crippen LogP contribution in [0.15, 0.2) is 132 Å². The van der Waals surface area contributed by atoms with E-state index in [9.17, 15) is 0 Å². The normalized spacial score (nSPS) is 24.3. The van der Waals surface area contributed by atoms with Gasteiger partial charge in [0.25, 0.3) is 5.79 Å². The minimum Gasteiger partial charge on any atom is -0.457 e. The van der Waals surface area contributed by atoms with Crippen molar-refractivity contribution in [2.75, 3.05) is 12.9 Å². The van der Waals surface area contributed by atoms with Crippen LogP contribution in [0.1, 0.15) is 16.7 Å². The van der Waals surface area contributed by atoms with Crippen molar-refractivity contribution in [3.05, 3.63) is 144 Å². The van der Waals surface area contributed by atoms with Crippen LogP contribution in [0.3, 0.4) is 0 Å². The Hall–Kier alpha value is -3.69. The Morgan fingerprint density at radius 1 is 0.644 bits per heavy atom. The molecule has 45 heavy (non-hydrogen) atoms. The van der Waals surface area contributed by atoms with Crippen LogP contribution >= 0.6 is 11.8 Å². The highest BCUT2D eigenvalue weighted by Gasteiger charge is 2.60. The van der Waals surface area contributed by atoms with Crippen molar-refractivity contribution in [2.24, 2.45) is 0 Å². The van der Waals surface area contributed by atoms with Crippen molar-refractivity contribution in [3.8, 4) is 5.75 Å². The summed E-state index contributed by atoms with van der Waals surface area (Å²) in [5, 5.41) is 2.31. The fourth-order valence-electron chi connectivity index (χ4n) is 6.00. The van der Waals surface area contributed by atoms with Crippen molar-refractivity contribution < 1.29 is 28.4 Å². The molecule has 0 saturated carbocycles. The largest absolute Gasteiger partial charge is 0.457 e. The molecule has 1 spiro atoms. The number of methoxy groups -OCH3 is 1. The summed E-state index contributed by atoms with van der Waals surface area (Å²) in [6.07, 6.45) is -2.61. The molecule has 1 saturated heterocycles. The Labute approximate surface area is 268 Å². The molecule has 2 aliphatic heterocycles. The molecule has 5 atom stereocenters. The van der Waals surface area contributed by atoms with Crippen LogP contribution in [0.25, 0.3) is 10.8 Å². The first-order chi connectivity index (χ1) is 22.2. The van der Waals surface area contributed by atoms with Crippen LogP contribution in [-0.4, -0.2) is 43.3 Å². The Morgan fingerprint density at radius 2 is 1.20 bits per heavy atom. The van der Waals surface area contributed by atoms with E-state index < -0.39 is 30.4 Å². The maximum atomic E-state index is 6.91. The highest BCUT2D eigenvalue weighted by molar-refractivity contribution is 7.99. The van der Waals surface area contributed by atoms with Gasteiger partial charge in [-0.1, -0.05) is 121 Å². The van der Waals surface area contributed by atoms with E-state index in [0.717, 1.165) is 38.1 Å². The van der Waals surface area contributed by atoms with E-state index >= 15 is 0 Å². The number of hydrogen-bond acceptors (Lipinski definition) is 7. The van der Waals surface area contributed by atoms with E-state index in [4.69, 9.17) is 28.4 Å². The number of fused-ring (bicyclic) bond motifs is 3. The van der Waals surface area contributed by atoms with Gasteiger partial charge >= 0.3 is 0 Å². The average molecular weight is 621 g/mol. The first-order valence-electron chi connectivity index (χ1n) is 15.2. The van der Waals surface area contributed by atoms with E-state index in [0.29, 0.717) is 25.6 Å². The van der Waals surface area contributed by atoms with Crippen molar-refractivity contribution in [1.82, 2.24) is 0 Å². The van der Waals surface area contributed by atoms with Crippen LogP contribution in [0.2, 0.25) is 0 Å². The van der Waals surface area contributed by atoms with Gasteiger partial charge in [0.2, 0.25) is 0 Å². The molecular formula is C38H36O6S. The van der Waals surface area contributed by atoms with Crippen molar-refractivity contribution in [1.29, 1.82) is 0 Å². The molecule has 1 fully saturated rings. The lowest BCUT2D eigenvalue weighted by molar-refractivity contribution is -0.388. The maximum absolute atomic E-state index is 6.91. The fourth-order valence-corrected chi connectivity index (χ4v) is 7.23. The summed E-state index contributed by atoms with van der Waals surface area (Å²) >= 11 is 1.71.